The van der Waals surface area contributed by atoms with Gasteiger partial charge in [-0.15, -0.1) is 0 Å². The Bertz CT molecular complexity index is 1100. The largest absolute Gasteiger partial charge is 0.350 e. The van der Waals surface area contributed by atoms with Crippen LogP contribution in [0.25, 0.3) is 0 Å². The van der Waals surface area contributed by atoms with Crippen molar-refractivity contribution in [1.29, 1.82) is 0 Å². The summed E-state index contributed by atoms with van der Waals surface area (Å²) in [6.45, 7) is 4.16. The summed E-state index contributed by atoms with van der Waals surface area (Å²) in [6, 6.07) is 4.57. The molecule has 3 rings (SSSR count). The number of halogens is 3. The molecule has 2 amide bonds. The first kappa shape index (κ1) is 22.1. The van der Waals surface area contributed by atoms with E-state index in [0.29, 0.717) is 15.7 Å². The lowest BCUT2D eigenvalue weighted by atomic mass is 10.2. The molecule has 0 saturated carbocycles. The van der Waals surface area contributed by atoms with Gasteiger partial charge in [-0.05, 0) is 32.0 Å². The smallest absolute Gasteiger partial charge is 0.316 e. The molecule has 3 aromatic rings. The lowest BCUT2D eigenvalue weighted by Crippen LogP contribution is -2.35. The van der Waals surface area contributed by atoms with Gasteiger partial charge in [0.15, 0.2) is 5.82 Å². The third kappa shape index (κ3) is 5.10. The summed E-state index contributed by atoms with van der Waals surface area (Å²) in [6.07, 6.45) is 0. The zero-order valence-electron chi connectivity index (χ0n) is 16.0. The van der Waals surface area contributed by atoms with E-state index in [1.165, 1.54) is 12.1 Å². The van der Waals surface area contributed by atoms with E-state index in [2.05, 4.69) is 25.9 Å². The fourth-order valence-corrected chi connectivity index (χ4v) is 3.20. The van der Waals surface area contributed by atoms with Crippen LogP contribution in [0.15, 0.2) is 22.7 Å². The highest BCUT2D eigenvalue weighted by molar-refractivity contribution is 6.36. The third-order valence-corrected chi connectivity index (χ3v) is 5.21. The molecule has 0 fully saturated rings. The van der Waals surface area contributed by atoms with Gasteiger partial charge in [-0.2, -0.15) is 10.1 Å². The number of rotatable bonds is 7. The molecule has 2 aromatic heterocycles. The Morgan fingerprint density at radius 2 is 1.80 bits per heavy atom. The van der Waals surface area contributed by atoms with E-state index >= 15 is 0 Å². The van der Waals surface area contributed by atoms with Crippen molar-refractivity contribution in [2.45, 2.75) is 20.4 Å². The Morgan fingerprint density at radius 3 is 2.43 bits per heavy atom. The van der Waals surface area contributed by atoms with Crippen LogP contribution in [0.3, 0.4) is 0 Å². The quantitative estimate of drug-likeness (QED) is 0.512. The SMILES string of the molecule is Cc1nn(Cc2noc(C(=O)NCCNC(=O)c3ccc(Cl)cc3Cl)n2)c(C)c1Cl. The Kier molecular flexibility index (Phi) is 6.96. The fourth-order valence-electron chi connectivity index (χ4n) is 2.57. The predicted molar refractivity (Wildman–Crippen MR) is 111 cm³/mol. The number of nitrogens with one attached hydrogen (secondary N) is 2. The van der Waals surface area contributed by atoms with Crippen molar-refractivity contribution < 1.29 is 14.1 Å². The van der Waals surface area contributed by atoms with Gasteiger partial charge in [0.25, 0.3) is 5.91 Å². The molecule has 30 heavy (non-hydrogen) atoms. The van der Waals surface area contributed by atoms with Crippen LogP contribution in [0.2, 0.25) is 15.1 Å². The molecule has 0 atom stereocenters. The minimum atomic E-state index is -0.557. The molecule has 1 aromatic carbocycles. The molecular weight excluding hydrogens is 455 g/mol. The zero-order chi connectivity index (χ0) is 21.8. The van der Waals surface area contributed by atoms with Crippen molar-refractivity contribution in [3.63, 3.8) is 0 Å². The number of aromatic nitrogens is 4. The lowest BCUT2D eigenvalue weighted by Gasteiger charge is -2.07. The Morgan fingerprint density at radius 1 is 1.10 bits per heavy atom. The lowest BCUT2D eigenvalue weighted by molar-refractivity contribution is 0.0898. The molecule has 0 saturated heterocycles. The monoisotopic (exact) mass is 470 g/mol. The molecule has 0 spiro atoms. The summed E-state index contributed by atoms with van der Waals surface area (Å²) in [5.41, 5.74) is 1.75. The summed E-state index contributed by atoms with van der Waals surface area (Å²) in [7, 11) is 0. The van der Waals surface area contributed by atoms with Crippen LogP contribution in [-0.4, -0.2) is 44.8 Å². The van der Waals surface area contributed by atoms with Gasteiger partial charge in [0.2, 0.25) is 0 Å². The average Bonchev–Trinajstić information content (AvgIpc) is 3.26. The topological polar surface area (TPSA) is 115 Å². The second kappa shape index (κ2) is 9.46. The van der Waals surface area contributed by atoms with Gasteiger partial charge < -0.3 is 15.2 Å². The minimum absolute atomic E-state index is 0.153. The van der Waals surface area contributed by atoms with Crippen molar-refractivity contribution in [2.24, 2.45) is 0 Å². The number of carbonyl (C=O) groups is 2. The van der Waals surface area contributed by atoms with Crippen LogP contribution in [0.1, 0.15) is 38.3 Å². The normalized spacial score (nSPS) is 10.8. The van der Waals surface area contributed by atoms with Crippen LogP contribution >= 0.6 is 34.8 Å². The van der Waals surface area contributed by atoms with Crippen LogP contribution in [0.4, 0.5) is 0 Å². The molecule has 9 nitrogen and oxygen atoms in total. The van der Waals surface area contributed by atoms with Crippen LogP contribution in [0.5, 0.6) is 0 Å². The number of hydrogen-bond acceptors (Lipinski definition) is 6. The molecule has 0 aliphatic rings. The van der Waals surface area contributed by atoms with E-state index in [0.717, 1.165) is 5.69 Å². The number of carbonyl (C=O) groups excluding carboxylic acids is 2. The second-order valence-corrected chi connectivity index (χ2v) is 7.52. The highest BCUT2D eigenvalue weighted by Gasteiger charge is 2.17. The Labute approximate surface area is 186 Å². The molecule has 0 radical (unpaired) electrons. The summed E-state index contributed by atoms with van der Waals surface area (Å²) >= 11 is 17.9. The van der Waals surface area contributed by atoms with Gasteiger partial charge in [-0.1, -0.05) is 40.0 Å². The van der Waals surface area contributed by atoms with Crippen molar-refractivity contribution in [3.05, 3.63) is 61.9 Å². The first-order chi connectivity index (χ1) is 14.3. The van der Waals surface area contributed by atoms with Gasteiger partial charge in [-0.25, -0.2) is 0 Å². The van der Waals surface area contributed by atoms with E-state index in [-0.39, 0.29) is 47.8 Å². The molecule has 0 unspecified atom stereocenters. The molecule has 2 N–H and O–H groups in total. The highest BCUT2D eigenvalue weighted by Crippen LogP contribution is 2.21. The number of benzene rings is 1. The van der Waals surface area contributed by atoms with E-state index in [4.69, 9.17) is 39.3 Å². The predicted octanol–water partition coefficient (Wildman–Crippen LogP) is 3.05. The number of aryl methyl sites for hydroxylation is 1. The van der Waals surface area contributed by atoms with Crippen LogP contribution in [0, 0.1) is 13.8 Å². The summed E-state index contributed by atoms with van der Waals surface area (Å²) < 4.78 is 6.61. The Balaban J connectivity index is 1.48. The molecule has 158 valence electrons. The van der Waals surface area contributed by atoms with Crippen LogP contribution < -0.4 is 10.6 Å². The van der Waals surface area contributed by atoms with E-state index < -0.39 is 5.91 Å². The van der Waals surface area contributed by atoms with Gasteiger partial charge >= 0.3 is 11.8 Å². The summed E-state index contributed by atoms with van der Waals surface area (Å²) in [5.74, 6) is -0.841. The van der Waals surface area contributed by atoms with Crippen LogP contribution in [-0.2, 0) is 6.54 Å². The minimum Gasteiger partial charge on any atom is -0.350 e. The first-order valence-electron chi connectivity index (χ1n) is 8.79. The fraction of sp³-hybridized carbons (Fsp3) is 0.278. The number of nitrogens with zero attached hydrogens (tertiary/aromatic N) is 4. The molecular formula is C18H17Cl3N6O3. The molecule has 0 aliphatic carbocycles. The van der Waals surface area contributed by atoms with Gasteiger partial charge in [0.05, 0.1) is 27.0 Å². The van der Waals surface area contributed by atoms with E-state index in [1.807, 2.05) is 6.92 Å². The maximum Gasteiger partial charge on any atom is 0.316 e. The van der Waals surface area contributed by atoms with Crippen molar-refractivity contribution >= 4 is 46.6 Å². The number of amides is 2. The van der Waals surface area contributed by atoms with Gasteiger partial charge in [0.1, 0.15) is 6.54 Å². The zero-order valence-corrected chi connectivity index (χ0v) is 18.3. The van der Waals surface area contributed by atoms with Gasteiger partial charge in [-0.3, -0.25) is 14.3 Å². The maximum atomic E-state index is 12.1. The molecule has 2 heterocycles. The molecule has 0 bridgehead atoms. The highest BCUT2D eigenvalue weighted by atomic mass is 35.5. The average molecular weight is 472 g/mol. The third-order valence-electron chi connectivity index (χ3n) is 4.12. The van der Waals surface area contributed by atoms with E-state index in [9.17, 15) is 9.59 Å². The maximum absolute atomic E-state index is 12.1. The Hall–Kier alpha value is -2.62. The van der Waals surface area contributed by atoms with Crippen molar-refractivity contribution in [2.75, 3.05) is 13.1 Å². The number of hydrogen-bond donors (Lipinski definition) is 2. The first-order valence-corrected chi connectivity index (χ1v) is 9.93. The van der Waals surface area contributed by atoms with Crippen molar-refractivity contribution in [1.82, 2.24) is 30.6 Å². The van der Waals surface area contributed by atoms with Crippen molar-refractivity contribution in [3.8, 4) is 0 Å². The molecule has 0 aliphatic heterocycles. The standard InChI is InChI=1S/C18H17Cl3N6O3/c1-9-15(21)10(2)27(25-9)8-14-24-18(30-26-14)17(29)23-6-5-22-16(28)12-4-3-11(19)7-13(12)20/h3-4,7H,5-6,8H2,1-2H3,(H,22,28)(H,23,29). The second-order valence-electron chi connectivity index (χ2n) is 6.29. The van der Waals surface area contributed by atoms with E-state index in [1.54, 1.807) is 17.7 Å². The van der Waals surface area contributed by atoms with Gasteiger partial charge in [0, 0.05) is 18.1 Å². The summed E-state index contributed by atoms with van der Waals surface area (Å²) in [4.78, 5) is 28.3. The molecule has 12 heteroatoms. The summed E-state index contributed by atoms with van der Waals surface area (Å²) in [5, 5.41) is 14.5.